The normalized spacial score (nSPS) is 13.4. The molecule has 5 heteroatoms. The zero-order valence-electron chi connectivity index (χ0n) is 10.9. The minimum atomic E-state index is -0.622. The van der Waals surface area contributed by atoms with Gasteiger partial charge in [0.25, 0.3) is 0 Å². The molecular weight excluding hydrogens is 246 g/mol. The Hall–Kier alpha value is -1.88. The van der Waals surface area contributed by atoms with Crippen LogP contribution in [0, 0.1) is 5.92 Å². The fourth-order valence-corrected chi connectivity index (χ4v) is 1.84. The van der Waals surface area contributed by atoms with Gasteiger partial charge in [-0.1, -0.05) is 30.3 Å². The molecule has 0 bridgehead atoms. The van der Waals surface area contributed by atoms with E-state index >= 15 is 0 Å². The number of aryl methyl sites for hydroxylation is 1. The van der Waals surface area contributed by atoms with Crippen molar-refractivity contribution in [3.63, 3.8) is 0 Å². The van der Waals surface area contributed by atoms with Crippen LogP contribution in [0.25, 0.3) is 0 Å². The maximum atomic E-state index is 11.2. The lowest BCUT2D eigenvalue weighted by Crippen LogP contribution is -2.42. The first kappa shape index (κ1) is 15.2. The Balaban J connectivity index is 2.62. The summed E-state index contributed by atoms with van der Waals surface area (Å²) in [4.78, 5) is 22.1. The first-order valence-corrected chi connectivity index (χ1v) is 6.15. The molecule has 0 fully saturated rings. The summed E-state index contributed by atoms with van der Waals surface area (Å²) in [7, 11) is 1.26. The van der Waals surface area contributed by atoms with Crippen LogP contribution in [0.1, 0.15) is 12.0 Å². The quantitative estimate of drug-likeness (QED) is 0.725. The van der Waals surface area contributed by atoms with E-state index in [2.05, 4.69) is 10.1 Å². The average molecular weight is 265 g/mol. The summed E-state index contributed by atoms with van der Waals surface area (Å²) >= 11 is 0. The molecule has 2 atom stereocenters. The van der Waals surface area contributed by atoms with Crippen LogP contribution in [-0.4, -0.2) is 37.2 Å². The third-order valence-corrected chi connectivity index (χ3v) is 2.98. The van der Waals surface area contributed by atoms with Gasteiger partial charge in [0.1, 0.15) is 6.29 Å². The standard InChI is InChI=1S/C14H19NO4/c1-19-14(18)15-13(12(9-16)10-17)8-7-11-5-3-2-4-6-11/h2-6,9,12-13,17H,7-8,10H2,1H3,(H,15,18)/t12?,13-/m1/s1. The largest absolute Gasteiger partial charge is 0.453 e. The molecule has 104 valence electrons. The molecule has 1 amide bonds. The van der Waals surface area contributed by atoms with Gasteiger partial charge in [-0.25, -0.2) is 4.79 Å². The van der Waals surface area contributed by atoms with Gasteiger partial charge in [0.05, 0.1) is 19.6 Å². The second-order valence-corrected chi connectivity index (χ2v) is 4.25. The maximum Gasteiger partial charge on any atom is 0.407 e. The maximum absolute atomic E-state index is 11.2. The van der Waals surface area contributed by atoms with Crippen molar-refractivity contribution in [2.24, 2.45) is 5.92 Å². The van der Waals surface area contributed by atoms with Gasteiger partial charge < -0.3 is 20.0 Å². The van der Waals surface area contributed by atoms with E-state index in [1.54, 1.807) is 0 Å². The molecule has 1 aromatic carbocycles. The van der Waals surface area contributed by atoms with Crippen molar-refractivity contribution in [1.82, 2.24) is 5.32 Å². The molecule has 0 saturated heterocycles. The SMILES string of the molecule is COC(=O)N[C@H](CCc1ccccc1)C(C=O)CO. The van der Waals surface area contributed by atoms with Gasteiger partial charge in [-0.15, -0.1) is 0 Å². The number of aliphatic hydroxyl groups excluding tert-OH is 1. The molecule has 0 aliphatic heterocycles. The summed E-state index contributed by atoms with van der Waals surface area (Å²) in [6.45, 7) is -0.299. The summed E-state index contributed by atoms with van der Waals surface area (Å²) in [6, 6.07) is 9.31. The number of carbonyl (C=O) groups excluding carboxylic acids is 2. The molecule has 5 nitrogen and oxygen atoms in total. The highest BCUT2D eigenvalue weighted by atomic mass is 16.5. The molecule has 19 heavy (non-hydrogen) atoms. The number of benzene rings is 1. The van der Waals surface area contributed by atoms with Crippen molar-refractivity contribution in [2.75, 3.05) is 13.7 Å². The third kappa shape index (κ3) is 5.09. The van der Waals surface area contributed by atoms with E-state index in [1.165, 1.54) is 7.11 Å². The lowest BCUT2D eigenvalue weighted by atomic mass is 9.95. The van der Waals surface area contributed by atoms with Crippen LogP contribution in [0.4, 0.5) is 4.79 Å². The van der Waals surface area contributed by atoms with E-state index in [0.717, 1.165) is 5.56 Å². The monoisotopic (exact) mass is 265 g/mol. The zero-order valence-corrected chi connectivity index (χ0v) is 10.9. The number of amides is 1. The number of nitrogens with one attached hydrogen (secondary N) is 1. The molecule has 1 rings (SSSR count). The van der Waals surface area contributed by atoms with E-state index < -0.39 is 18.1 Å². The predicted molar refractivity (Wildman–Crippen MR) is 70.7 cm³/mol. The predicted octanol–water partition coefficient (Wildman–Crippen LogP) is 1.15. The van der Waals surface area contributed by atoms with Crippen molar-refractivity contribution >= 4 is 12.4 Å². The number of carbonyl (C=O) groups is 2. The number of rotatable bonds is 7. The molecule has 0 radical (unpaired) electrons. The number of hydrogen-bond acceptors (Lipinski definition) is 4. The van der Waals surface area contributed by atoms with Crippen molar-refractivity contribution in [1.29, 1.82) is 0 Å². The van der Waals surface area contributed by atoms with Crippen LogP contribution in [0.15, 0.2) is 30.3 Å². The molecule has 1 unspecified atom stereocenters. The van der Waals surface area contributed by atoms with Crippen LogP contribution >= 0.6 is 0 Å². The van der Waals surface area contributed by atoms with Crippen LogP contribution in [0.5, 0.6) is 0 Å². The van der Waals surface area contributed by atoms with E-state index in [-0.39, 0.29) is 6.61 Å². The third-order valence-electron chi connectivity index (χ3n) is 2.98. The lowest BCUT2D eigenvalue weighted by molar-refractivity contribution is -0.113. The Morgan fingerprint density at radius 1 is 1.42 bits per heavy atom. The van der Waals surface area contributed by atoms with E-state index in [1.807, 2.05) is 30.3 Å². The molecule has 2 N–H and O–H groups in total. The van der Waals surface area contributed by atoms with Crippen molar-refractivity contribution in [3.05, 3.63) is 35.9 Å². The van der Waals surface area contributed by atoms with Crippen LogP contribution < -0.4 is 5.32 Å². The van der Waals surface area contributed by atoms with Crippen molar-refractivity contribution in [2.45, 2.75) is 18.9 Å². The Morgan fingerprint density at radius 2 is 2.11 bits per heavy atom. The Bertz CT molecular complexity index is 394. The average Bonchev–Trinajstić information content (AvgIpc) is 2.46. The van der Waals surface area contributed by atoms with E-state index in [4.69, 9.17) is 5.11 Å². The van der Waals surface area contributed by atoms with Crippen LogP contribution in [-0.2, 0) is 16.0 Å². The number of aliphatic hydroxyl groups is 1. The lowest BCUT2D eigenvalue weighted by Gasteiger charge is -2.22. The Labute approximate surface area is 112 Å². The first-order valence-electron chi connectivity index (χ1n) is 6.15. The minimum absolute atomic E-state index is 0.299. The molecule has 0 spiro atoms. The molecule has 0 aliphatic rings. The fraction of sp³-hybridized carbons (Fsp3) is 0.429. The number of ether oxygens (including phenoxy) is 1. The van der Waals surface area contributed by atoms with Crippen molar-refractivity contribution in [3.8, 4) is 0 Å². The molecular formula is C14H19NO4. The minimum Gasteiger partial charge on any atom is -0.453 e. The summed E-state index contributed by atoms with van der Waals surface area (Å²) in [5, 5.41) is 11.7. The highest BCUT2D eigenvalue weighted by Crippen LogP contribution is 2.11. The summed E-state index contributed by atoms with van der Waals surface area (Å²) in [6.07, 6.45) is 1.33. The number of aldehydes is 1. The Kier molecular flexibility index (Phi) is 6.60. The number of hydrogen-bond donors (Lipinski definition) is 2. The summed E-state index contributed by atoms with van der Waals surface area (Å²) in [5.74, 6) is -0.622. The molecule has 0 aromatic heterocycles. The highest BCUT2D eigenvalue weighted by Gasteiger charge is 2.22. The van der Waals surface area contributed by atoms with Gasteiger partial charge in [-0.3, -0.25) is 0 Å². The number of alkyl carbamates (subject to hydrolysis) is 1. The summed E-state index contributed by atoms with van der Waals surface area (Å²) in [5.41, 5.74) is 1.11. The van der Waals surface area contributed by atoms with E-state index in [0.29, 0.717) is 19.1 Å². The molecule has 0 saturated carbocycles. The summed E-state index contributed by atoms with van der Waals surface area (Å²) < 4.78 is 4.52. The topological polar surface area (TPSA) is 75.6 Å². The zero-order chi connectivity index (χ0) is 14.1. The van der Waals surface area contributed by atoms with Gasteiger partial charge in [-0.2, -0.15) is 0 Å². The molecule has 0 aliphatic carbocycles. The molecule has 0 heterocycles. The van der Waals surface area contributed by atoms with Crippen LogP contribution in [0.2, 0.25) is 0 Å². The van der Waals surface area contributed by atoms with Crippen molar-refractivity contribution < 1.29 is 19.4 Å². The molecule has 1 aromatic rings. The smallest absolute Gasteiger partial charge is 0.407 e. The van der Waals surface area contributed by atoms with Gasteiger partial charge in [0, 0.05) is 6.04 Å². The number of methoxy groups -OCH3 is 1. The van der Waals surface area contributed by atoms with E-state index in [9.17, 15) is 9.59 Å². The highest BCUT2D eigenvalue weighted by molar-refractivity contribution is 5.68. The van der Waals surface area contributed by atoms with Crippen LogP contribution in [0.3, 0.4) is 0 Å². The second-order valence-electron chi connectivity index (χ2n) is 4.25. The fourth-order valence-electron chi connectivity index (χ4n) is 1.84. The second kappa shape index (κ2) is 8.26. The van der Waals surface area contributed by atoms with Gasteiger partial charge in [0.2, 0.25) is 0 Å². The Morgan fingerprint density at radius 3 is 2.63 bits per heavy atom. The van der Waals surface area contributed by atoms with Gasteiger partial charge in [-0.05, 0) is 18.4 Å². The first-order chi connectivity index (χ1) is 9.21. The van der Waals surface area contributed by atoms with Gasteiger partial charge >= 0.3 is 6.09 Å². The van der Waals surface area contributed by atoms with Gasteiger partial charge in [0.15, 0.2) is 0 Å².